The Morgan fingerprint density at radius 1 is 1.24 bits per heavy atom. The summed E-state index contributed by atoms with van der Waals surface area (Å²) in [5, 5.41) is 14.3. The Balaban J connectivity index is 2.16. The average Bonchev–Trinajstić information content (AvgIpc) is 2.95. The first-order valence-electron chi connectivity index (χ1n) is 5.59. The summed E-state index contributed by atoms with van der Waals surface area (Å²) in [6, 6.07) is 5.93. The van der Waals surface area contributed by atoms with Crippen molar-refractivity contribution >= 4 is 46.1 Å². The molecule has 21 heavy (non-hydrogen) atoms. The molecule has 0 aliphatic heterocycles. The molecule has 2 aromatic heterocycles. The standard InChI is InChI=1S/C12H6Cl3N3O2S/c13-5-1-2-8(19)7(3-5)18-12(20)16-11(17-18)6-4-9(14)21-10(6)15/h1-4,19H,(H,16,17,20). The lowest BCUT2D eigenvalue weighted by Gasteiger charge is -2.02. The molecule has 2 N–H and O–H groups in total. The van der Waals surface area contributed by atoms with Crippen LogP contribution in [0.1, 0.15) is 0 Å². The smallest absolute Gasteiger partial charge is 0.348 e. The molecule has 9 heteroatoms. The van der Waals surface area contributed by atoms with Crippen LogP contribution < -0.4 is 5.69 Å². The summed E-state index contributed by atoms with van der Waals surface area (Å²) in [6.45, 7) is 0. The van der Waals surface area contributed by atoms with Crippen LogP contribution in [0.5, 0.6) is 5.75 Å². The zero-order valence-corrected chi connectivity index (χ0v) is 13.2. The van der Waals surface area contributed by atoms with Gasteiger partial charge in [-0.15, -0.1) is 16.4 Å². The third-order valence-electron chi connectivity index (χ3n) is 2.70. The maximum absolute atomic E-state index is 12.0. The van der Waals surface area contributed by atoms with E-state index in [0.717, 1.165) is 4.68 Å². The summed E-state index contributed by atoms with van der Waals surface area (Å²) in [5.74, 6) is 0.140. The normalized spacial score (nSPS) is 11.0. The molecule has 0 unspecified atom stereocenters. The van der Waals surface area contributed by atoms with Gasteiger partial charge in [0, 0.05) is 5.02 Å². The van der Waals surface area contributed by atoms with Gasteiger partial charge in [0.25, 0.3) is 0 Å². The lowest BCUT2D eigenvalue weighted by atomic mass is 10.3. The Hall–Kier alpha value is -1.47. The molecule has 3 aromatic rings. The van der Waals surface area contributed by atoms with E-state index in [4.69, 9.17) is 34.8 Å². The second-order valence-electron chi connectivity index (χ2n) is 4.06. The first-order valence-corrected chi connectivity index (χ1v) is 7.54. The van der Waals surface area contributed by atoms with Crippen LogP contribution in [0.25, 0.3) is 17.1 Å². The third-order valence-corrected chi connectivity index (χ3v) is 4.42. The van der Waals surface area contributed by atoms with E-state index in [1.807, 2.05) is 0 Å². The van der Waals surface area contributed by atoms with Gasteiger partial charge >= 0.3 is 5.69 Å². The van der Waals surface area contributed by atoms with Gasteiger partial charge in [-0.2, -0.15) is 4.68 Å². The fourth-order valence-electron chi connectivity index (χ4n) is 1.78. The molecule has 1 aromatic carbocycles. The minimum absolute atomic E-state index is 0.117. The van der Waals surface area contributed by atoms with Crippen LogP contribution in [0.3, 0.4) is 0 Å². The fourth-order valence-corrected chi connectivity index (χ4v) is 3.41. The highest BCUT2D eigenvalue weighted by atomic mass is 35.5. The summed E-state index contributed by atoms with van der Waals surface area (Å²) in [6.07, 6.45) is 0. The molecule has 0 aliphatic carbocycles. The molecule has 0 radical (unpaired) electrons. The van der Waals surface area contributed by atoms with Crippen molar-refractivity contribution in [3.05, 3.63) is 48.4 Å². The van der Waals surface area contributed by atoms with Gasteiger partial charge in [-0.1, -0.05) is 34.8 Å². The van der Waals surface area contributed by atoms with E-state index in [9.17, 15) is 9.90 Å². The SMILES string of the molecule is O=c1[nH]c(-c2cc(Cl)sc2Cl)nn1-c1cc(Cl)ccc1O. The van der Waals surface area contributed by atoms with Gasteiger partial charge in [-0.25, -0.2) is 4.79 Å². The molecule has 108 valence electrons. The monoisotopic (exact) mass is 361 g/mol. The predicted molar refractivity (Wildman–Crippen MR) is 84.2 cm³/mol. The fraction of sp³-hybridized carbons (Fsp3) is 0. The van der Waals surface area contributed by atoms with E-state index in [1.165, 1.54) is 29.5 Å². The maximum Gasteiger partial charge on any atom is 0.348 e. The van der Waals surface area contributed by atoms with Gasteiger partial charge < -0.3 is 5.11 Å². The summed E-state index contributed by atoms with van der Waals surface area (Å²) in [4.78, 5) is 14.6. The molecule has 0 bridgehead atoms. The molecular formula is C12H6Cl3N3O2S. The maximum atomic E-state index is 12.0. The Morgan fingerprint density at radius 3 is 2.67 bits per heavy atom. The number of nitrogens with zero attached hydrogens (tertiary/aromatic N) is 2. The molecule has 0 aliphatic rings. The molecule has 0 saturated carbocycles. The van der Waals surface area contributed by atoms with Gasteiger partial charge in [0.15, 0.2) is 5.82 Å². The number of H-pyrrole nitrogens is 1. The van der Waals surface area contributed by atoms with Crippen LogP contribution >= 0.6 is 46.1 Å². The molecule has 0 fully saturated rings. The minimum atomic E-state index is -0.527. The minimum Gasteiger partial charge on any atom is -0.506 e. The zero-order chi connectivity index (χ0) is 15.1. The number of aromatic nitrogens is 3. The Morgan fingerprint density at radius 2 is 2.00 bits per heavy atom. The second-order valence-corrected chi connectivity index (χ2v) is 6.78. The summed E-state index contributed by atoms with van der Waals surface area (Å²) in [7, 11) is 0. The topological polar surface area (TPSA) is 70.9 Å². The molecule has 2 heterocycles. The number of hydrogen-bond donors (Lipinski definition) is 2. The Kier molecular flexibility index (Phi) is 3.71. The largest absolute Gasteiger partial charge is 0.506 e. The zero-order valence-electron chi connectivity index (χ0n) is 10.1. The second kappa shape index (κ2) is 5.38. The van der Waals surface area contributed by atoms with Crippen molar-refractivity contribution in [3.63, 3.8) is 0 Å². The van der Waals surface area contributed by atoms with Crippen LogP contribution in [-0.4, -0.2) is 19.9 Å². The van der Waals surface area contributed by atoms with E-state index in [2.05, 4.69) is 10.1 Å². The summed E-state index contributed by atoms with van der Waals surface area (Å²) < 4.78 is 1.91. The Bertz CT molecular complexity index is 884. The van der Waals surface area contributed by atoms with Crippen LogP contribution in [0.15, 0.2) is 29.1 Å². The average molecular weight is 363 g/mol. The van der Waals surface area contributed by atoms with Gasteiger partial charge in [0.1, 0.15) is 15.8 Å². The van der Waals surface area contributed by atoms with E-state index in [-0.39, 0.29) is 17.3 Å². The summed E-state index contributed by atoms with van der Waals surface area (Å²) in [5.41, 5.74) is 0.164. The van der Waals surface area contributed by atoms with Crippen molar-refractivity contribution in [2.75, 3.05) is 0 Å². The van der Waals surface area contributed by atoms with E-state index in [1.54, 1.807) is 6.07 Å². The highest BCUT2D eigenvalue weighted by Crippen LogP contribution is 2.36. The lowest BCUT2D eigenvalue weighted by Crippen LogP contribution is -2.16. The van der Waals surface area contributed by atoms with Crippen molar-refractivity contribution in [2.24, 2.45) is 0 Å². The highest BCUT2D eigenvalue weighted by Gasteiger charge is 2.16. The van der Waals surface area contributed by atoms with Crippen LogP contribution in [-0.2, 0) is 0 Å². The Labute approximate surface area is 137 Å². The quantitative estimate of drug-likeness (QED) is 0.725. The van der Waals surface area contributed by atoms with Crippen molar-refractivity contribution in [1.29, 1.82) is 0 Å². The molecule has 3 rings (SSSR count). The van der Waals surface area contributed by atoms with E-state index >= 15 is 0 Å². The van der Waals surface area contributed by atoms with Crippen LogP contribution in [0.4, 0.5) is 0 Å². The molecule has 5 nitrogen and oxygen atoms in total. The van der Waals surface area contributed by atoms with Crippen molar-refractivity contribution in [3.8, 4) is 22.8 Å². The highest BCUT2D eigenvalue weighted by molar-refractivity contribution is 7.20. The number of aromatic hydroxyl groups is 1. The molecule has 0 atom stereocenters. The summed E-state index contributed by atoms with van der Waals surface area (Å²) >= 11 is 19.0. The predicted octanol–water partition coefficient (Wildman–Crippen LogP) is 3.95. The number of nitrogens with one attached hydrogen (secondary N) is 1. The number of hydrogen-bond acceptors (Lipinski definition) is 4. The first-order chi connectivity index (χ1) is 9.95. The van der Waals surface area contributed by atoms with Gasteiger partial charge in [0.05, 0.1) is 9.90 Å². The number of aromatic amines is 1. The van der Waals surface area contributed by atoms with Crippen molar-refractivity contribution < 1.29 is 5.11 Å². The van der Waals surface area contributed by atoms with Gasteiger partial charge in [-0.3, -0.25) is 4.98 Å². The van der Waals surface area contributed by atoms with Crippen molar-refractivity contribution in [2.45, 2.75) is 0 Å². The first kappa shape index (κ1) is 14.5. The van der Waals surface area contributed by atoms with E-state index in [0.29, 0.717) is 19.3 Å². The number of phenols is 1. The number of phenolic OH excluding ortho intramolecular Hbond substituents is 1. The third kappa shape index (κ3) is 2.67. The van der Waals surface area contributed by atoms with Gasteiger partial charge in [0.2, 0.25) is 0 Å². The molecule has 0 saturated heterocycles. The van der Waals surface area contributed by atoms with Gasteiger partial charge in [-0.05, 0) is 24.3 Å². The number of thiophene rings is 1. The number of rotatable bonds is 2. The molecule has 0 amide bonds. The van der Waals surface area contributed by atoms with Crippen LogP contribution in [0, 0.1) is 0 Å². The van der Waals surface area contributed by atoms with E-state index < -0.39 is 5.69 Å². The van der Waals surface area contributed by atoms with Crippen molar-refractivity contribution in [1.82, 2.24) is 14.8 Å². The lowest BCUT2D eigenvalue weighted by molar-refractivity contribution is 0.470. The molecule has 0 spiro atoms. The molecular weight excluding hydrogens is 357 g/mol. The number of halogens is 3. The van der Waals surface area contributed by atoms with Crippen LogP contribution in [0.2, 0.25) is 13.7 Å². The number of benzene rings is 1.